The average Bonchev–Trinajstić information content (AvgIpc) is 2.70. The van der Waals surface area contributed by atoms with Crippen LogP contribution in [0.1, 0.15) is 6.92 Å². The summed E-state index contributed by atoms with van der Waals surface area (Å²) in [6.45, 7) is 2.58. The second kappa shape index (κ2) is 6.68. The lowest BCUT2D eigenvalue weighted by Crippen LogP contribution is -2.41. The van der Waals surface area contributed by atoms with E-state index in [1.54, 1.807) is 11.3 Å². The Morgan fingerprint density at radius 2 is 2.24 bits per heavy atom. The van der Waals surface area contributed by atoms with Crippen molar-refractivity contribution in [1.82, 2.24) is 5.48 Å². The highest BCUT2D eigenvalue weighted by Gasteiger charge is 2.14. The third-order valence-corrected chi connectivity index (χ3v) is 3.08. The Bertz CT molecular complexity index is 501. The molecule has 0 aliphatic heterocycles. The Hall–Kier alpha value is -0.980. The molecule has 2 aromatic rings. The summed E-state index contributed by atoms with van der Waals surface area (Å²) in [5.74, 6) is -0.143. The minimum absolute atomic E-state index is 0. The normalized spacial score (nSPS) is 9.94. The van der Waals surface area contributed by atoms with E-state index in [2.05, 4.69) is 5.48 Å². The summed E-state index contributed by atoms with van der Waals surface area (Å²) in [6, 6.07) is 7.99. The van der Waals surface area contributed by atoms with Crippen LogP contribution in [0.25, 0.3) is 10.2 Å². The van der Waals surface area contributed by atoms with Gasteiger partial charge in [0, 0.05) is 6.07 Å². The van der Waals surface area contributed by atoms with Crippen LogP contribution in [0.5, 0.6) is 0 Å². The van der Waals surface area contributed by atoms with Crippen LogP contribution in [-0.2, 0) is 16.2 Å². The Labute approximate surface area is 114 Å². The topological polar surface area (TPSA) is 42.2 Å². The number of hydroxylamine groups is 1. The number of aromatic nitrogens is 1. The van der Waals surface area contributed by atoms with E-state index in [1.807, 2.05) is 41.3 Å². The minimum Gasteiger partial charge on any atom is -0.274 e. The molecule has 4 nitrogen and oxygen atoms in total. The number of carbonyl (C=O) groups excluding carboxylic acids is 1. The molecule has 0 radical (unpaired) electrons. The van der Waals surface area contributed by atoms with Crippen molar-refractivity contribution in [3.8, 4) is 0 Å². The SMILES string of the molecule is Br.CCONC(=O)C[n+]1csc2ccccc21. The summed E-state index contributed by atoms with van der Waals surface area (Å²) in [7, 11) is 0. The Morgan fingerprint density at radius 3 is 3.00 bits per heavy atom. The smallest absolute Gasteiger partial charge is 0.274 e. The number of carbonyl (C=O) groups is 1. The molecule has 0 fully saturated rings. The lowest BCUT2D eigenvalue weighted by Gasteiger charge is -1.99. The number of amides is 1. The van der Waals surface area contributed by atoms with E-state index in [9.17, 15) is 4.79 Å². The first-order chi connectivity index (χ1) is 7.81. The number of benzene rings is 1. The molecule has 0 aliphatic rings. The van der Waals surface area contributed by atoms with Crippen LogP contribution < -0.4 is 10.0 Å². The van der Waals surface area contributed by atoms with Crippen molar-refractivity contribution in [1.29, 1.82) is 0 Å². The Balaban J connectivity index is 0.00000144. The predicted octanol–water partition coefficient (Wildman–Crippen LogP) is 1.83. The fourth-order valence-corrected chi connectivity index (χ4v) is 2.33. The molecule has 0 bridgehead atoms. The van der Waals surface area contributed by atoms with Crippen LogP contribution in [-0.4, -0.2) is 12.5 Å². The molecule has 1 aromatic heterocycles. The zero-order chi connectivity index (χ0) is 11.4. The molecule has 0 saturated carbocycles. The standard InChI is InChI=1S/C11H12N2O2S.BrH/c1-2-15-12-11(14)7-13-8-16-10-6-4-3-5-9(10)13;/h3-6,8H,2,7H2,1H3;1H/p+1. The van der Waals surface area contributed by atoms with E-state index in [-0.39, 0.29) is 29.4 Å². The highest BCUT2D eigenvalue weighted by Crippen LogP contribution is 2.14. The molecule has 92 valence electrons. The van der Waals surface area contributed by atoms with Crippen molar-refractivity contribution in [2.75, 3.05) is 6.61 Å². The predicted molar refractivity (Wildman–Crippen MR) is 72.1 cm³/mol. The summed E-state index contributed by atoms with van der Waals surface area (Å²) < 4.78 is 3.08. The van der Waals surface area contributed by atoms with Gasteiger partial charge in [-0.15, -0.1) is 17.0 Å². The minimum atomic E-state index is -0.143. The molecule has 2 rings (SSSR count). The first kappa shape index (κ1) is 14.1. The van der Waals surface area contributed by atoms with Gasteiger partial charge in [-0.3, -0.25) is 9.63 Å². The van der Waals surface area contributed by atoms with Crippen molar-refractivity contribution in [2.45, 2.75) is 13.5 Å². The monoisotopic (exact) mass is 317 g/mol. The van der Waals surface area contributed by atoms with Crippen molar-refractivity contribution in [3.05, 3.63) is 29.8 Å². The molecular weight excluding hydrogens is 304 g/mol. The molecule has 0 aliphatic carbocycles. The van der Waals surface area contributed by atoms with Gasteiger partial charge in [0.1, 0.15) is 4.70 Å². The van der Waals surface area contributed by atoms with Gasteiger partial charge in [0.25, 0.3) is 0 Å². The molecule has 0 atom stereocenters. The summed E-state index contributed by atoms with van der Waals surface area (Å²) in [5.41, 5.74) is 5.39. The van der Waals surface area contributed by atoms with Crippen molar-refractivity contribution in [2.24, 2.45) is 0 Å². The number of hydrogen-bond acceptors (Lipinski definition) is 3. The van der Waals surface area contributed by atoms with E-state index >= 15 is 0 Å². The summed E-state index contributed by atoms with van der Waals surface area (Å²) >= 11 is 1.62. The molecule has 1 N–H and O–H groups in total. The van der Waals surface area contributed by atoms with Crippen molar-refractivity contribution in [3.63, 3.8) is 0 Å². The van der Waals surface area contributed by atoms with Gasteiger partial charge in [0.05, 0.1) is 6.61 Å². The number of nitrogens with one attached hydrogen (secondary N) is 1. The maximum atomic E-state index is 11.5. The molecule has 0 saturated heterocycles. The van der Waals surface area contributed by atoms with E-state index in [0.717, 1.165) is 5.52 Å². The second-order valence-corrected chi connectivity index (χ2v) is 4.16. The van der Waals surface area contributed by atoms with Crippen LogP contribution in [0.2, 0.25) is 0 Å². The summed E-state index contributed by atoms with van der Waals surface area (Å²) in [6.07, 6.45) is 0. The van der Waals surface area contributed by atoms with Gasteiger partial charge in [-0.1, -0.05) is 23.5 Å². The summed E-state index contributed by atoms with van der Waals surface area (Å²) in [4.78, 5) is 16.3. The maximum Gasteiger partial charge on any atom is 0.309 e. The van der Waals surface area contributed by atoms with Crippen LogP contribution in [0, 0.1) is 0 Å². The van der Waals surface area contributed by atoms with Gasteiger partial charge in [0.15, 0.2) is 0 Å². The van der Waals surface area contributed by atoms with E-state index < -0.39 is 0 Å². The Kier molecular flexibility index (Phi) is 5.54. The van der Waals surface area contributed by atoms with Gasteiger partial charge in [-0.25, -0.2) is 5.48 Å². The van der Waals surface area contributed by atoms with E-state index in [1.165, 1.54) is 4.70 Å². The largest absolute Gasteiger partial charge is 0.309 e. The van der Waals surface area contributed by atoms with Crippen molar-refractivity contribution >= 4 is 44.4 Å². The third-order valence-electron chi connectivity index (χ3n) is 2.13. The molecule has 6 heteroatoms. The first-order valence-electron chi connectivity index (χ1n) is 5.07. The van der Waals surface area contributed by atoms with E-state index in [4.69, 9.17) is 4.84 Å². The average molecular weight is 318 g/mol. The molecular formula is C11H14BrN2O2S+. The van der Waals surface area contributed by atoms with Crippen LogP contribution >= 0.6 is 28.3 Å². The quantitative estimate of drug-likeness (QED) is 0.690. The van der Waals surface area contributed by atoms with E-state index in [0.29, 0.717) is 6.61 Å². The number of thiazole rings is 1. The lowest BCUT2D eigenvalue weighted by molar-refractivity contribution is -0.654. The third kappa shape index (κ3) is 3.49. The Morgan fingerprint density at radius 1 is 1.47 bits per heavy atom. The number of hydrogen-bond donors (Lipinski definition) is 1. The van der Waals surface area contributed by atoms with Crippen molar-refractivity contribution < 1.29 is 14.2 Å². The fourth-order valence-electron chi connectivity index (χ4n) is 1.43. The number of rotatable bonds is 4. The number of nitrogens with zero attached hydrogens (tertiary/aromatic N) is 1. The highest BCUT2D eigenvalue weighted by molar-refractivity contribution is 8.93. The number of para-hydroxylation sites is 1. The van der Waals surface area contributed by atoms with Gasteiger partial charge >= 0.3 is 5.91 Å². The zero-order valence-electron chi connectivity index (χ0n) is 9.38. The van der Waals surface area contributed by atoms with Gasteiger partial charge in [-0.2, -0.15) is 4.57 Å². The molecule has 1 heterocycles. The van der Waals surface area contributed by atoms with Crippen LogP contribution in [0.15, 0.2) is 29.8 Å². The van der Waals surface area contributed by atoms with Crippen LogP contribution in [0.4, 0.5) is 0 Å². The fraction of sp³-hybridized carbons (Fsp3) is 0.273. The molecule has 0 unspecified atom stereocenters. The second-order valence-electron chi connectivity index (χ2n) is 3.28. The first-order valence-corrected chi connectivity index (χ1v) is 5.95. The number of halogens is 1. The lowest BCUT2D eigenvalue weighted by atomic mass is 10.3. The van der Waals surface area contributed by atoms with Gasteiger partial charge in [0.2, 0.25) is 17.6 Å². The van der Waals surface area contributed by atoms with Gasteiger partial charge in [-0.05, 0) is 13.0 Å². The number of fused-ring (bicyclic) bond motifs is 1. The van der Waals surface area contributed by atoms with Crippen LogP contribution in [0.3, 0.4) is 0 Å². The molecule has 17 heavy (non-hydrogen) atoms. The van der Waals surface area contributed by atoms with Gasteiger partial charge < -0.3 is 0 Å². The zero-order valence-corrected chi connectivity index (χ0v) is 11.9. The molecule has 0 spiro atoms. The highest BCUT2D eigenvalue weighted by atomic mass is 79.9. The summed E-state index contributed by atoms with van der Waals surface area (Å²) in [5, 5.41) is 0. The molecule has 1 aromatic carbocycles. The molecule has 1 amide bonds. The maximum absolute atomic E-state index is 11.5.